The zero-order valence-electron chi connectivity index (χ0n) is 13.3. The smallest absolute Gasteiger partial charge is 0.244 e. The van der Waals surface area contributed by atoms with Crippen molar-refractivity contribution >= 4 is 23.7 Å². The van der Waals surface area contributed by atoms with Crippen LogP contribution in [-0.4, -0.2) is 20.7 Å². The minimum atomic E-state index is -0.352. The van der Waals surface area contributed by atoms with Crippen LogP contribution in [0.1, 0.15) is 38.2 Å². The highest BCUT2D eigenvalue weighted by atomic mass is 32.1. The molecule has 1 heterocycles. The zero-order chi connectivity index (χ0) is 17.0. The van der Waals surface area contributed by atoms with Crippen molar-refractivity contribution in [3.63, 3.8) is 0 Å². The topological polar surface area (TPSA) is 62.7 Å². The molecule has 23 heavy (non-hydrogen) atoms. The number of amides is 1. The number of allylic oxidation sites excluding steroid dienone is 1. The monoisotopic (exact) mass is 334 g/mol. The Labute approximate surface area is 139 Å². The molecule has 2 N–H and O–H groups in total. The molecule has 0 atom stereocenters. The molecule has 1 aromatic carbocycles. The number of hydrogen-bond acceptors (Lipinski definition) is 3. The van der Waals surface area contributed by atoms with Gasteiger partial charge >= 0.3 is 0 Å². The molecule has 0 saturated heterocycles. The molecular weight excluding hydrogens is 315 g/mol. The Morgan fingerprint density at radius 3 is 2.83 bits per heavy atom. The van der Waals surface area contributed by atoms with Crippen molar-refractivity contribution in [1.82, 2.24) is 20.1 Å². The molecule has 1 aromatic heterocycles. The Hall–Kier alpha value is -2.28. The lowest BCUT2D eigenvalue weighted by Crippen LogP contribution is -2.23. The van der Waals surface area contributed by atoms with Crippen LogP contribution in [0.4, 0.5) is 4.39 Å². The second kappa shape index (κ2) is 7.32. The first-order valence-electron chi connectivity index (χ1n) is 7.27. The predicted molar refractivity (Wildman–Crippen MR) is 89.7 cm³/mol. The Morgan fingerprint density at radius 2 is 2.17 bits per heavy atom. The van der Waals surface area contributed by atoms with Crippen LogP contribution in [0.25, 0.3) is 5.57 Å². The van der Waals surface area contributed by atoms with Gasteiger partial charge in [0.15, 0.2) is 10.6 Å². The van der Waals surface area contributed by atoms with E-state index in [-0.39, 0.29) is 24.3 Å². The summed E-state index contributed by atoms with van der Waals surface area (Å²) in [5.41, 5.74) is 0.968. The molecule has 0 aliphatic carbocycles. The van der Waals surface area contributed by atoms with E-state index in [0.717, 1.165) is 0 Å². The number of H-pyrrole nitrogens is 1. The molecular formula is C16H19FN4OS. The predicted octanol–water partition coefficient (Wildman–Crippen LogP) is 3.38. The summed E-state index contributed by atoms with van der Waals surface area (Å²) >= 11 is 5.16. The molecule has 0 bridgehead atoms. The van der Waals surface area contributed by atoms with Gasteiger partial charge in [0.2, 0.25) is 5.91 Å². The molecule has 0 radical (unpaired) electrons. The van der Waals surface area contributed by atoms with Gasteiger partial charge in [0, 0.05) is 17.7 Å². The Bertz CT molecular complexity index is 791. The van der Waals surface area contributed by atoms with Gasteiger partial charge in [-0.15, -0.1) is 0 Å². The third-order valence-electron chi connectivity index (χ3n) is 3.36. The number of nitrogens with one attached hydrogen (secondary N) is 2. The van der Waals surface area contributed by atoms with Crippen LogP contribution < -0.4 is 5.32 Å². The first-order chi connectivity index (χ1) is 10.9. The number of carbonyl (C=O) groups is 1. The largest absolute Gasteiger partial charge is 0.345 e. The standard InChI is InChI=1S/C16H19FN4OS/c1-10(2)21-14(19-20-16(21)23)9-18-15(22)8-11(3)12-6-4-5-7-13(12)17/h4-8,10H,9H2,1-3H3,(H,18,22)(H,20,23)/b11-8-. The maximum absolute atomic E-state index is 13.7. The SMILES string of the molecule is C/C(=C/C(=O)NCc1n[nH]c(=S)n1C(C)C)c1ccccc1F. The quantitative estimate of drug-likeness (QED) is 0.651. The normalized spacial score (nSPS) is 11.8. The zero-order valence-corrected chi connectivity index (χ0v) is 14.1. The molecule has 0 fully saturated rings. The van der Waals surface area contributed by atoms with Gasteiger partial charge in [-0.2, -0.15) is 5.10 Å². The summed E-state index contributed by atoms with van der Waals surface area (Å²) in [5, 5.41) is 9.57. The van der Waals surface area contributed by atoms with Gasteiger partial charge in [-0.25, -0.2) is 4.39 Å². The summed E-state index contributed by atoms with van der Waals surface area (Å²) in [5.74, 6) is -0.0139. The second-order valence-corrected chi connectivity index (χ2v) is 5.82. The van der Waals surface area contributed by atoms with Gasteiger partial charge in [0.05, 0.1) is 6.54 Å². The van der Waals surface area contributed by atoms with E-state index in [1.807, 2.05) is 18.4 Å². The second-order valence-electron chi connectivity index (χ2n) is 5.43. The molecule has 0 aliphatic rings. The van der Waals surface area contributed by atoms with Crippen LogP contribution in [0.3, 0.4) is 0 Å². The van der Waals surface area contributed by atoms with Crippen LogP contribution >= 0.6 is 12.2 Å². The number of aromatic nitrogens is 3. The van der Waals surface area contributed by atoms with Crippen molar-refractivity contribution in [2.24, 2.45) is 0 Å². The summed E-state index contributed by atoms with van der Waals surface area (Å²) in [6.07, 6.45) is 1.37. The van der Waals surface area contributed by atoms with Gasteiger partial charge in [-0.1, -0.05) is 18.2 Å². The third kappa shape index (κ3) is 4.13. The lowest BCUT2D eigenvalue weighted by atomic mass is 10.1. The Balaban J connectivity index is 2.07. The van der Waals surface area contributed by atoms with Crippen molar-refractivity contribution in [1.29, 1.82) is 0 Å². The first kappa shape index (κ1) is 17.1. The van der Waals surface area contributed by atoms with Gasteiger partial charge in [0.1, 0.15) is 5.82 Å². The average molecular weight is 334 g/mol. The molecule has 2 aromatic rings. The van der Waals surface area contributed by atoms with Crippen molar-refractivity contribution < 1.29 is 9.18 Å². The summed E-state index contributed by atoms with van der Waals surface area (Å²) < 4.78 is 16.0. The van der Waals surface area contributed by atoms with Crippen molar-refractivity contribution in [3.05, 3.63) is 52.3 Å². The summed E-state index contributed by atoms with van der Waals surface area (Å²) in [7, 11) is 0. The van der Waals surface area contributed by atoms with E-state index in [0.29, 0.717) is 21.7 Å². The minimum Gasteiger partial charge on any atom is -0.345 e. The van der Waals surface area contributed by atoms with Crippen LogP contribution in [0.2, 0.25) is 0 Å². The number of aromatic amines is 1. The molecule has 0 saturated carbocycles. The fourth-order valence-corrected chi connectivity index (χ4v) is 2.63. The molecule has 0 aliphatic heterocycles. The number of rotatable bonds is 5. The maximum atomic E-state index is 13.7. The van der Waals surface area contributed by atoms with Crippen LogP contribution in [0, 0.1) is 10.6 Å². The van der Waals surface area contributed by atoms with Crippen LogP contribution in [0.15, 0.2) is 30.3 Å². The highest BCUT2D eigenvalue weighted by Gasteiger charge is 2.10. The molecule has 1 amide bonds. The summed E-state index contributed by atoms with van der Waals surface area (Å²) in [6.45, 7) is 5.91. The van der Waals surface area contributed by atoms with Crippen LogP contribution in [0.5, 0.6) is 0 Å². The van der Waals surface area contributed by atoms with E-state index in [9.17, 15) is 9.18 Å². The highest BCUT2D eigenvalue weighted by molar-refractivity contribution is 7.71. The molecule has 7 heteroatoms. The number of hydrogen-bond donors (Lipinski definition) is 2. The van der Waals surface area contributed by atoms with Gasteiger partial charge < -0.3 is 9.88 Å². The number of halogens is 1. The van der Waals surface area contributed by atoms with E-state index in [1.165, 1.54) is 12.1 Å². The average Bonchev–Trinajstić information content (AvgIpc) is 2.86. The Kier molecular flexibility index (Phi) is 5.44. The molecule has 0 spiro atoms. The fraction of sp³-hybridized carbons (Fsp3) is 0.312. The summed E-state index contributed by atoms with van der Waals surface area (Å²) in [6, 6.07) is 6.49. The van der Waals surface area contributed by atoms with Gasteiger partial charge in [0.25, 0.3) is 0 Å². The minimum absolute atomic E-state index is 0.142. The lowest BCUT2D eigenvalue weighted by molar-refractivity contribution is -0.116. The number of benzene rings is 1. The van der Waals surface area contributed by atoms with Crippen molar-refractivity contribution in [3.8, 4) is 0 Å². The lowest BCUT2D eigenvalue weighted by Gasteiger charge is -2.10. The van der Waals surface area contributed by atoms with E-state index >= 15 is 0 Å². The van der Waals surface area contributed by atoms with E-state index in [2.05, 4.69) is 15.5 Å². The molecule has 2 rings (SSSR count). The van der Waals surface area contributed by atoms with E-state index < -0.39 is 0 Å². The molecule has 0 unspecified atom stereocenters. The van der Waals surface area contributed by atoms with E-state index in [1.54, 1.807) is 25.1 Å². The van der Waals surface area contributed by atoms with Crippen molar-refractivity contribution in [2.75, 3.05) is 0 Å². The van der Waals surface area contributed by atoms with Crippen LogP contribution in [-0.2, 0) is 11.3 Å². The summed E-state index contributed by atoms with van der Waals surface area (Å²) in [4.78, 5) is 12.0. The molecule has 122 valence electrons. The van der Waals surface area contributed by atoms with E-state index in [4.69, 9.17) is 12.2 Å². The van der Waals surface area contributed by atoms with Gasteiger partial charge in [-0.3, -0.25) is 9.89 Å². The maximum Gasteiger partial charge on any atom is 0.244 e. The fourth-order valence-electron chi connectivity index (χ4n) is 2.27. The number of nitrogens with zero attached hydrogens (tertiary/aromatic N) is 2. The number of carbonyl (C=O) groups excluding carboxylic acids is 1. The van der Waals surface area contributed by atoms with Crippen molar-refractivity contribution in [2.45, 2.75) is 33.4 Å². The highest BCUT2D eigenvalue weighted by Crippen LogP contribution is 2.17. The third-order valence-corrected chi connectivity index (χ3v) is 3.65. The first-order valence-corrected chi connectivity index (χ1v) is 7.67. The van der Waals surface area contributed by atoms with Gasteiger partial charge in [-0.05, 0) is 44.6 Å². The molecule has 5 nitrogen and oxygen atoms in total. The Morgan fingerprint density at radius 1 is 1.48 bits per heavy atom.